The molecule has 0 saturated heterocycles. The van der Waals surface area contributed by atoms with Crippen molar-refractivity contribution >= 4 is 15.6 Å². The van der Waals surface area contributed by atoms with E-state index in [1.165, 1.54) is 12.7 Å². The third-order valence-corrected chi connectivity index (χ3v) is 6.74. The molecule has 1 aliphatic carbocycles. The standard InChI is InChI=1S/C15H23N3O3S/c1-11(2)22(20,21)8-12-3-5-13(6-4-12)14(19)7-15-17-9-16-10-18-15/h9-13H,3-8H2,1-2H3. The van der Waals surface area contributed by atoms with Gasteiger partial charge in [0, 0.05) is 5.92 Å². The van der Waals surface area contributed by atoms with Gasteiger partial charge in [-0.05, 0) is 45.4 Å². The molecule has 0 unspecified atom stereocenters. The zero-order chi connectivity index (χ0) is 16.2. The number of ketones is 1. The summed E-state index contributed by atoms with van der Waals surface area (Å²) < 4.78 is 23.9. The van der Waals surface area contributed by atoms with Gasteiger partial charge < -0.3 is 0 Å². The molecule has 0 radical (unpaired) electrons. The SMILES string of the molecule is CC(C)S(=O)(=O)CC1CCC(C(=O)Cc2ncncn2)CC1. The van der Waals surface area contributed by atoms with Gasteiger partial charge in [0.1, 0.15) is 24.3 Å². The van der Waals surface area contributed by atoms with E-state index in [-0.39, 0.29) is 35.0 Å². The largest absolute Gasteiger partial charge is 0.299 e. The van der Waals surface area contributed by atoms with E-state index >= 15 is 0 Å². The number of carbonyl (C=O) groups is 1. The predicted octanol–water partition coefficient (Wildman–Crippen LogP) is 1.61. The maximum absolute atomic E-state index is 12.2. The Kier molecular flexibility index (Phi) is 5.61. The molecule has 0 atom stereocenters. The molecular formula is C15H23N3O3S. The second kappa shape index (κ2) is 7.26. The van der Waals surface area contributed by atoms with E-state index < -0.39 is 9.84 Å². The highest BCUT2D eigenvalue weighted by Crippen LogP contribution is 2.31. The molecule has 0 aliphatic heterocycles. The number of Topliss-reactive ketones (excluding diaryl/α,β-unsaturated/α-hetero) is 1. The van der Waals surface area contributed by atoms with Crippen LogP contribution in [0, 0.1) is 11.8 Å². The highest BCUT2D eigenvalue weighted by Gasteiger charge is 2.30. The van der Waals surface area contributed by atoms with Gasteiger partial charge >= 0.3 is 0 Å². The number of sulfone groups is 1. The van der Waals surface area contributed by atoms with E-state index in [9.17, 15) is 13.2 Å². The molecule has 0 amide bonds. The summed E-state index contributed by atoms with van der Waals surface area (Å²) in [7, 11) is -3.00. The van der Waals surface area contributed by atoms with Crippen molar-refractivity contribution in [3.63, 3.8) is 0 Å². The van der Waals surface area contributed by atoms with Crippen LogP contribution in [0.5, 0.6) is 0 Å². The second-order valence-electron chi connectivity index (χ2n) is 6.29. The Morgan fingerprint density at radius 2 is 1.77 bits per heavy atom. The normalized spacial score (nSPS) is 22.7. The van der Waals surface area contributed by atoms with Gasteiger partial charge in [-0.3, -0.25) is 4.79 Å². The van der Waals surface area contributed by atoms with Gasteiger partial charge in [-0.15, -0.1) is 0 Å². The molecular weight excluding hydrogens is 302 g/mol. The first-order valence-corrected chi connectivity index (χ1v) is 9.45. The summed E-state index contributed by atoms with van der Waals surface area (Å²) in [5.74, 6) is 1.10. The van der Waals surface area contributed by atoms with E-state index in [1.54, 1.807) is 13.8 Å². The predicted molar refractivity (Wildman–Crippen MR) is 82.9 cm³/mol. The highest BCUT2D eigenvalue weighted by molar-refractivity contribution is 7.91. The van der Waals surface area contributed by atoms with Gasteiger partial charge in [-0.2, -0.15) is 0 Å². The first-order chi connectivity index (χ1) is 10.4. The van der Waals surface area contributed by atoms with Crippen LogP contribution in [-0.2, 0) is 21.1 Å². The van der Waals surface area contributed by atoms with Crippen molar-refractivity contribution in [1.82, 2.24) is 15.0 Å². The van der Waals surface area contributed by atoms with E-state index in [1.807, 2.05) is 0 Å². The fourth-order valence-corrected chi connectivity index (χ4v) is 4.20. The van der Waals surface area contributed by atoms with Gasteiger partial charge in [0.15, 0.2) is 9.84 Å². The molecule has 0 N–H and O–H groups in total. The van der Waals surface area contributed by atoms with Crippen molar-refractivity contribution < 1.29 is 13.2 Å². The van der Waals surface area contributed by atoms with Crippen molar-refractivity contribution in [2.75, 3.05) is 5.75 Å². The topological polar surface area (TPSA) is 89.9 Å². The number of aromatic nitrogens is 3. The average Bonchev–Trinajstić information content (AvgIpc) is 2.48. The van der Waals surface area contributed by atoms with Crippen LogP contribution in [0.4, 0.5) is 0 Å². The molecule has 1 saturated carbocycles. The smallest absolute Gasteiger partial charge is 0.152 e. The van der Waals surface area contributed by atoms with Crippen LogP contribution in [0.15, 0.2) is 12.7 Å². The van der Waals surface area contributed by atoms with Crippen molar-refractivity contribution in [2.45, 2.75) is 51.2 Å². The van der Waals surface area contributed by atoms with Crippen molar-refractivity contribution in [3.8, 4) is 0 Å². The molecule has 122 valence electrons. The minimum atomic E-state index is -3.00. The molecule has 2 rings (SSSR count). The van der Waals surface area contributed by atoms with Crippen LogP contribution in [0.1, 0.15) is 45.4 Å². The van der Waals surface area contributed by atoms with Crippen molar-refractivity contribution in [1.29, 1.82) is 0 Å². The summed E-state index contributed by atoms with van der Waals surface area (Å²) in [6, 6.07) is 0. The lowest BCUT2D eigenvalue weighted by atomic mass is 9.80. The molecule has 7 heteroatoms. The molecule has 1 aromatic heterocycles. The van der Waals surface area contributed by atoms with Gasteiger partial charge in [0.25, 0.3) is 0 Å². The number of rotatable bonds is 6. The zero-order valence-electron chi connectivity index (χ0n) is 13.1. The lowest BCUT2D eigenvalue weighted by molar-refractivity contribution is -0.123. The Bertz CT molecular complexity index is 594. The molecule has 1 aromatic rings. The summed E-state index contributed by atoms with van der Waals surface area (Å²) >= 11 is 0. The first kappa shape index (κ1) is 17.0. The second-order valence-corrected chi connectivity index (χ2v) is 8.90. The number of nitrogens with zero attached hydrogens (tertiary/aromatic N) is 3. The minimum absolute atomic E-state index is 0.00905. The number of hydrogen-bond donors (Lipinski definition) is 0. The van der Waals surface area contributed by atoms with Crippen LogP contribution >= 0.6 is 0 Å². The van der Waals surface area contributed by atoms with Gasteiger partial charge in [0.2, 0.25) is 0 Å². The zero-order valence-corrected chi connectivity index (χ0v) is 13.9. The summed E-state index contributed by atoms with van der Waals surface area (Å²) in [5.41, 5.74) is 0. The molecule has 1 heterocycles. The maximum atomic E-state index is 12.2. The maximum Gasteiger partial charge on any atom is 0.152 e. The Hall–Kier alpha value is -1.37. The van der Waals surface area contributed by atoms with Crippen molar-refractivity contribution in [2.24, 2.45) is 11.8 Å². The van der Waals surface area contributed by atoms with E-state index in [2.05, 4.69) is 15.0 Å². The van der Waals surface area contributed by atoms with Crippen LogP contribution < -0.4 is 0 Å². The van der Waals surface area contributed by atoms with Crippen LogP contribution in [0.25, 0.3) is 0 Å². The summed E-state index contributed by atoms with van der Waals surface area (Å²) in [6.45, 7) is 3.44. The molecule has 1 fully saturated rings. The third-order valence-electron chi connectivity index (χ3n) is 4.37. The molecule has 0 aromatic carbocycles. The molecule has 0 bridgehead atoms. The van der Waals surface area contributed by atoms with Gasteiger partial charge in [0.05, 0.1) is 17.4 Å². The van der Waals surface area contributed by atoms with Gasteiger partial charge in [-0.1, -0.05) is 0 Å². The summed E-state index contributed by atoms with van der Waals surface area (Å²) in [4.78, 5) is 23.9. The fraction of sp³-hybridized carbons (Fsp3) is 0.733. The lowest BCUT2D eigenvalue weighted by Crippen LogP contribution is -2.29. The first-order valence-electron chi connectivity index (χ1n) is 7.73. The highest BCUT2D eigenvalue weighted by atomic mass is 32.2. The van der Waals surface area contributed by atoms with E-state index in [0.717, 1.165) is 25.7 Å². The van der Waals surface area contributed by atoms with E-state index in [0.29, 0.717) is 5.82 Å². The Morgan fingerprint density at radius 1 is 1.18 bits per heavy atom. The molecule has 1 aliphatic rings. The number of carbonyl (C=O) groups excluding carboxylic acids is 1. The van der Waals surface area contributed by atoms with Crippen LogP contribution in [-0.4, -0.2) is 40.2 Å². The Morgan fingerprint density at radius 3 is 2.32 bits per heavy atom. The Balaban J connectivity index is 1.83. The molecule has 6 nitrogen and oxygen atoms in total. The molecule has 0 spiro atoms. The van der Waals surface area contributed by atoms with Crippen LogP contribution in [0.3, 0.4) is 0 Å². The summed E-state index contributed by atoms with van der Waals surface area (Å²) in [6.07, 6.45) is 6.16. The van der Waals surface area contributed by atoms with E-state index in [4.69, 9.17) is 0 Å². The molecule has 22 heavy (non-hydrogen) atoms. The Labute approximate surface area is 131 Å². The number of hydrogen-bond acceptors (Lipinski definition) is 6. The lowest BCUT2D eigenvalue weighted by Gasteiger charge is -2.27. The van der Waals surface area contributed by atoms with Crippen molar-refractivity contribution in [3.05, 3.63) is 18.5 Å². The van der Waals surface area contributed by atoms with Crippen LogP contribution in [0.2, 0.25) is 0 Å². The fourth-order valence-electron chi connectivity index (χ4n) is 2.83. The van der Waals surface area contributed by atoms with Gasteiger partial charge in [-0.25, -0.2) is 23.4 Å². The summed E-state index contributed by atoms with van der Waals surface area (Å²) in [5, 5.41) is -0.323. The monoisotopic (exact) mass is 325 g/mol. The average molecular weight is 325 g/mol. The quantitative estimate of drug-likeness (QED) is 0.789. The minimum Gasteiger partial charge on any atom is -0.299 e. The third kappa shape index (κ3) is 4.56.